The normalized spacial score (nSPS) is 26.3. The first-order valence-corrected chi connectivity index (χ1v) is 14.9. The number of nitriles is 2. The number of hydrogen-bond donors (Lipinski definition) is 0. The standard InChI is InChI=1S/C27H32N2O2S3/c1-17-3-7-19(8-4-17)13-23(30)22-11-12-24(31-32-16-20-9-5-18(2)6-10-20)26-25(22)33-27(34-26)21(14-28)15-29/h11-12,17-20H,3-10,13,16H2,1-2H3. The van der Waals surface area contributed by atoms with E-state index in [0.29, 0.717) is 28.1 Å². The Hall–Kier alpha value is -1.54. The number of nitrogens with zero attached hydrogens (tertiary/aromatic N) is 2. The fourth-order valence-electron chi connectivity index (χ4n) is 5.05. The third-order valence-corrected chi connectivity index (χ3v) is 10.9. The van der Waals surface area contributed by atoms with Crippen molar-refractivity contribution in [1.82, 2.24) is 0 Å². The van der Waals surface area contributed by atoms with Crippen LogP contribution in [0.25, 0.3) is 0 Å². The molecule has 34 heavy (non-hydrogen) atoms. The second kappa shape index (κ2) is 11.9. The molecule has 2 fully saturated rings. The van der Waals surface area contributed by atoms with E-state index >= 15 is 0 Å². The Morgan fingerprint density at radius 1 is 0.941 bits per heavy atom. The van der Waals surface area contributed by atoms with Crippen molar-refractivity contribution >= 4 is 41.3 Å². The van der Waals surface area contributed by atoms with Crippen LogP contribution in [0.5, 0.6) is 5.75 Å². The van der Waals surface area contributed by atoms with Crippen molar-refractivity contribution in [3.63, 3.8) is 0 Å². The lowest BCUT2D eigenvalue weighted by Crippen LogP contribution is -2.16. The molecule has 3 aliphatic rings. The lowest BCUT2D eigenvalue weighted by molar-refractivity contribution is 0.0941. The summed E-state index contributed by atoms with van der Waals surface area (Å²) in [6.45, 7) is 4.62. The van der Waals surface area contributed by atoms with E-state index in [2.05, 4.69) is 13.8 Å². The topological polar surface area (TPSA) is 73.9 Å². The Bertz CT molecular complexity index is 1010. The first-order valence-electron chi connectivity index (χ1n) is 12.4. The molecule has 0 spiro atoms. The van der Waals surface area contributed by atoms with Crippen molar-refractivity contribution in [3.8, 4) is 17.9 Å². The van der Waals surface area contributed by atoms with E-state index in [1.54, 1.807) is 0 Å². The molecule has 4 nitrogen and oxygen atoms in total. The van der Waals surface area contributed by atoms with Crippen molar-refractivity contribution in [3.05, 3.63) is 27.5 Å². The number of ketones is 1. The molecular formula is C27H32N2O2S3. The molecule has 4 rings (SSSR count). The fourth-order valence-corrected chi connectivity index (χ4v) is 8.53. The predicted molar refractivity (Wildman–Crippen MR) is 141 cm³/mol. The highest BCUT2D eigenvalue weighted by Crippen LogP contribution is 2.57. The molecule has 0 atom stereocenters. The van der Waals surface area contributed by atoms with E-state index in [-0.39, 0.29) is 11.4 Å². The molecule has 2 aliphatic carbocycles. The van der Waals surface area contributed by atoms with Gasteiger partial charge in [-0.3, -0.25) is 4.79 Å². The van der Waals surface area contributed by atoms with Crippen LogP contribution in [0.1, 0.15) is 82.0 Å². The minimum atomic E-state index is 0.0980. The van der Waals surface area contributed by atoms with E-state index in [1.807, 2.05) is 24.3 Å². The van der Waals surface area contributed by atoms with Crippen molar-refractivity contribution in [2.24, 2.45) is 23.7 Å². The van der Waals surface area contributed by atoms with Crippen molar-refractivity contribution in [2.45, 2.75) is 81.4 Å². The average molecular weight is 513 g/mol. The zero-order valence-corrected chi connectivity index (χ0v) is 22.4. The van der Waals surface area contributed by atoms with E-state index in [9.17, 15) is 15.3 Å². The molecule has 1 heterocycles. The molecule has 2 saturated carbocycles. The summed E-state index contributed by atoms with van der Waals surface area (Å²) >= 11 is 4.26. The highest BCUT2D eigenvalue weighted by atomic mass is 32.2. The van der Waals surface area contributed by atoms with Gasteiger partial charge in [0.1, 0.15) is 17.7 Å². The van der Waals surface area contributed by atoms with Gasteiger partial charge in [0.2, 0.25) is 0 Å². The molecule has 0 bridgehead atoms. The second-order valence-corrected chi connectivity index (χ2v) is 13.1. The van der Waals surface area contributed by atoms with E-state index in [4.69, 9.17) is 4.18 Å². The third kappa shape index (κ3) is 6.17. The highest BCUT2D eigenvalue weighted by molar-refractivity contribution is 8.24. The number of rotatable bonds is 7. The van der Waals surface area contributed by atoms with Crippen LogP contribution in [0.3, 0.4) is 0 Å². The largest absolute Gasteiger partial charge is 0.425 e. The van der Waals surface area contributed by atoms with Crippen LogP contribution in [0.2, 0.25) is 0 Å². The van der Waals surface area contributed by atoms with E-state index in [1.165, 1.54) is 74.1 Å². The highest BCUT2D eigenvalue weighted by Gasteiger charge is 2.31. The van der Waals surface area contributed by atoms with Crippen LogP contribution in [-0.4, -0.2) is 11.5 Å². The molecule has 0 unspecified atom stereocenters. The van der Waals surface area contributed by atoms with Gasteiger partial charge in [0, 0.05) is 22.6 Å². The van der Waals surface area contributed by atoms with Gasteiger partial charge in [0.15, 0.2) is 11.5 Å². The quantitative estimate of drug-likeness (QED) is 0.206. The lowest BCUT2D eigenvalue weighted by atomic mass is 9.80. The Kier molecular flexibility index (Phi) is 8.97. The third-order valence-electron chi connectivity index (χ3n) is 7.39. The van der Waals surface area contributed by atoms with Crippen LogP contribution < -0.4 is 4.18 Å². The summed E-state index contributed by atoms with van der Waals surface area (Å²) in [7, 11) is 0. The van der Waals surface area contributed by atoms with Crippen LogP contribution >= 0.6 is 35.6 Å². The van der Waals surface area contributed by atoms with Gasteiger partial charge in [-0.1, -0.05) is 63.1 Å². The Morgan fingerprint density at radius 3 is 2.15 bits per heavy atom. The van der Waals surface area contributed by atoms with Crippen LogP contribution in [0.4, 0.5) is 0 Å². The van der Waals surface area contributed by atoms with Gasteiger partial charge in [-0.15, -0.1) is 0 Å². The Balaban J connectivity index is 1.50. The number of fused-ring (bicyclic) bond motifs is 1. The van der Waals surface area contributed by atoms with Crippen molar-refractivity contribution < 1.29 is 8.98 Å². The van der Waals surface area contributed by atoms with E-state index < -0.39 is 0 Å². The monoisotopic (exact) mass is 512 g/mol. The van der Waals surface area contributed by atoms with Gasteiger partial charge >= 0.3 is 0 Å². The number of thioether (sulfide) groups is 2. The molecule has 0 aromatic heterocycles. The smallest absolute Gasteiger partial charge is 0.164 e. The molecule has 0 N–H and O–H groups in total. The zero-order valence-electron chi connectivity index (χ0n) is 20.0. The fraction of sp³-hybridized carbons (Fsp3) is 0.593. The number of benzene rings is 1. The minimum absolute atomic E-state index is 0.0980. The SMILES string of the molecule is CC1CCC(CSOc2ccc(C(=O)CC3CCC(C)CC3)c3c2SC(=C(C#N)C#N)S3)CC1. The average Bonchev–Trinajstić information content (AvgIpc) is 3.28. The summed E-state index contributed by atoms with van der Waals surface area (Å²) in [5.41, 5.74) is 0.802. The molecular weight excluding hydrogens is 481 g/mol. The van der Waals surface area contributed by atoms with Crippen LogP contribution in [-0.2, 0) is 0 Å². The molecule has 0 saturated heterocycles. The maximum Gasteiger partial charge on any atom is 0.164 e. The molecule has 180 valence electrons. The summed E-state index contributed by atoms with van der Waals surface area (Å²) in [5, 5.41) is 18.8. The lowest BCUT2D eigenvalue weighted by Gasteiger charge is -2.26. The van der Waals surface area contributed by atoms with E-state index in [0.717, 1.165) is 46.0 Å². The number of carbonyl (C=O) groups is 1. The number of allylic oxidation sites excluding steroid dienone is 1. The molecule has 1 aromatic carbocycles. The van der Waals surface area contributed by atoms with Gasteiger partial charge in [-0.05, 0) is 61.5 Å². The molecule has 0 radical (unpaired) electrons. The van der Waals surface area contributed by atoms with Gasteiger partial charge in [-0.2, -0.15) is 10.5 Å². The van der Waals surface area contributed by atoms with Crippen molar-refractivity contribution in [1.29, 1.82) is 10.5 Å². The first kappa shape index (κ1) is 25.5. The van der Waals surface area contributed by atoms with Gasteiger partial charge in [0.25, 0.3) is 0 Å². The maximum atomic E-state index is 13.3. The summed E-state index contributed by atoms with van der Waals surface area (Å²) in [4.78, 5) is 15.0. The summed E-state index contributed by atoms with van der Waals surface area (Å²) in [6, 6.07) is 7.80. The van der Waals surface area contributed by atoms with Crippen molar-refractivity contribution in [2.75, 3.05) is 5.75 Å². The minimum Gasteiger partial charge on any atom is -0.425 e. The second-order valence-electron chi connectivity index (χ2n) is 10.1. The number of Topliss-reactive ketones (excluding diaryl/α,β-unsaturated/α-hetero) is 1. The van der Waals surface area contributed by atoms with Gasteiger partial charge < -0.3 is 4.18 Å². The predicted octanol–water partition coefficient (Wildman–Crippen LogP) is 8.40. The Labute approximate surface area is 216 Å². The van der Waals surface area contributed by atoms with Gasteiger partial charge in [0.05, 0.1) is 21.2 Å². The molecule has 1 aliphatic heterocycles. The zero-order chi connectivity index (χ0) is 24.1. The van der Waals surface area contributed by atoms with Crippen LogP contribution in [0.15, 0.2) is 31.7 Å². The Morgan fingerprint density at radius 2 is 1.53 bits per heavy atom. The number of carbonyl (C=O) groups excluding carboxylic acids is 1. The first-order chi connectivity index (χ1) is 16.5. The summed E-state index contributed by atoms with van der Waals surface area (Å²) in [6.07, 6.45) is 10.3. The molecule has 1 aromatic rings. The number of hydrogen-bond acceptors (Lipinski definition) is 7. The molecule has 0 amide bonds. The molecule has 7 heteroatoms. The van der Waals surface area contributed by atoms with Gasteiger partial charge in [-0.25, -0.2) is 0 Å². The summed E-state index contributed by atoms with van der Waals surface area (Å²) < 4.78 is 6.79. The van der Waals surface area contributed by atoms with Crippen LogP contribution in [0, 0.1) is 46.3 Å². The summed E-state index contributed by atoms with van der Waals surface area (Å²) in [5.74, 6) is 4.59. The maximum absolute atomic E-state index is 13.3.